The molecule has 0 radical (unpaired) electrons. The number of aliphatic hydroxyl groups excluding tert-OH is 1. The lowest BCUT2D eigenvalue weighted by molar-refractivity contribution is 0.166. The van der Waals surface area contributed by atoms with E-state index >= 15 is 0 Å². The summed E-state index contributed by atoms with van der Waals surface area (Å²) in [6, 6.07) is 13.7. The van der Waals surface area contributed by atoms with Gasteiger partial charge in [0.1, 0.15) is 5.82 Å². The third-order valence-corrected chi connectivity index (χ3v) is 3.60. The molecule has 0 saturated heterocycles. The Labute approximate surface area is 123 Å². The van der Waals surface area contributed by atoms with Gasteiger partial charge in [0.15, 0.2) is 0 Å². The highest BCUT2D eigenvalue weighted by atomic mass is 35.5. The van der Waals surface area contributed by atoms with Crippen molar-refractivity contribution in [2.45, 2.75) is 19.1 Å². The van der Waals surface area contributed by atoms with Gasteiger partial charge in [-0.2, -0.15) is 0 Å². The maximum Gasteiger partial charge on any atom is 0.129 e. The third kappa shape index (κ3) is 3.57. The molecule has 2 aromatic carbocycles. The highest BCUT2D eigenvalue weighted by Gasteiger charge is 2.14. The number of nitrogens with one attached hydrogen (secondary N) is 1. The van der Waals surface area contributed by atoms with Crippen LogP contribution >= 0.6 is 11.6 Å². The molecule has 0 spiro atoms. The second-order valence-electron chi connectivity index (χ2n) is 4.69. The summed E-state index contributed by atoms with van der Waals surface area (Å²) in [6.45, 7) is 2.21. The third-order valence-electron chi connectivity index (χ3n) is 3.25. The molecule has 2 nitrogen and oxygen atoms in total. The summed E-state index contributed by atoms with van der Waals surface area (Å²) in [6.07, 6.45) is -0.888. The minimum atomic E-state index is -0.888. The van der Waals surface area contributed by atoms with E-state index in [0.717, 1.165) is 5.56 Å². The van der Waals surface area contributed by atoms with Crippen LogP contribution < -0.4 is 5.32 Å². The second-order valence-corrected chi connectivity index (χ2v) is 5.10. The van der Waals surface area contributed by atoms with Crippen LogP contribution in [0, 0.1) is 5.82 Å². The average molecular weight is 294 g/mol. The van der Waals surface area contributed by atoms with Crippen molar-refractivity contribution in [3.63, 3.8) is 0 Å². The zero-order valence-corrected chi connectivity index (χ0v) is 11.9. The highest BCUT2D eigenvalue weighted by molar-refractivity contribution is 6.31. The largest absolute Gasteiger partial charge is 0.387 e. The Kier molecular flexibility index (Phi) is 5.12. The summed E-state index contributed by atoms with van der Waals surface area (Å²) in [5, 5.41) is 13.9. The molecule has 106 valence electrons. The number of rotatable bonds is 5. The number of benzene rings is 2. The van der Waals surface area contributed by atoms with E-state index in [1.807, 2.05) is 31.2 Å². The first-order valence-electron chi connectivity index (χ1n) is 6.50. The van der Waals surface area contributed by atoms with Gasteiger partial charge in [-0.05, 0) is 24.6 Å². The molecule has 0 aliphatic heterocycles. The van der Waals surface area contributed by atoms with Crippen LogP contribution in [0.4, 0.5) is 4.39 Å². The van der Waals surface area contributed by atoms with Crippen molar-refractivity contribution in [3.8, 4) is 0 Å². The van der Waals surface area contributed by atoms with Crippen molar-refractivity contribution >= 4 is 11.6 Å². The maximum absolute atomic E-state index is 13.5. The van der Waals surface area contributed by atoms with E-state index in [4.69, 9.17) is 11.6 Å². The molecule has 0 aliphatic carbocycles. The minimum absolute atomic E-state index is 0.0230. The van der Waals surface area contributed by atoms with Gasteiger partial charge in [0, 0.05) is 23.2 Å². The summed E-state index contributed by atoms with van der Waals surface area (Å²) in [5.41, 5.74) is 1.25. The fraction of sp³-hybridized carbons (Fsp3) is 0.250. The molecular formula is C16H17ClFNO. The number of aliphatic hydroxyl groups is 1. The average Bonchev–Trinajstić information content (AvgIpc) is 2.45. The molecule has 0 saturated carbocycles. The van der Waals surface area contributed by atoms with Crippen molar-refractivity contribution in [1.82, 2.24) is 5.32 Å². The molecule has 0 fully saturated rings. The standard InChI is InChI=1S/C16H17ClFNO/c1-11(12-6-2-4-8-14(12)17)19-10-16(20)13-7-3-5-9-15(13)18/h2-9,11,16,19-20H,10H2,1H3/t11-,16?/m1/s1. The fourth-order valence-electron chi connectivity index (χ4n) is 2.08. The monoisotopic (exact) mass is 293 g/mol. The zero-order chi connectivity index (χ0) is 14.5. The van der Waals surface area contributed by atoms with Crippen LogP contribution in [-0.4, -0.2) is 11.7 Å². The van der Waals surface area contributed by atoms with Gasteiger partial charge in [-0.1, -0.05) is 48.0 Å². The summed E-state index contributed by atoms with van der Waals surface area (Å²) in [5.74, 6) is -0.396. The molecule has 0 aromatic heterocycles. The molecular weight excluding hydrogens is 277 g/mol. The van der Waals surface area contributed by atoms with Crippen LogP contribution in [0.3, 0.4) is 0 Å². The first kappa shape index (κ1) is 15.0. The topological polar surface area (TPSA) is 32.3 Å². The molecule has 2 N–H and O–H groups in total. The molecule has 0 aliphatic rings. The van der Waals surface area contributed by atoms with Crippen LogP contribution in [0.5, 0.6) is 0 Å². The van der Waals surface area contributed by atoms with E-state index < -0.39 is 11.9 Å². The predicted molar refractivity (Wildman–Crippen MR) is 79.2 cm³/mol. The summed E-state index contributed by atoms with van der Waals surface area (Å²) >= 11 is 6.11. The number of hydrogen-bond donors (Lipinski definition) is 2. The Bertz CT molecular complexity index is 524. The SMILES string of the molecule is C[C@@H](NCC(O)c1ccccc1F)c1ccccc1Cl. The Hall–Kier alpha value is -1.42. The van der Waals surface area contributed by atoms with Crippen LogP contribution in [0.15, 0.2) is 48.5 Å². The second kappa shape index (κ2) is 6.84. The van der Waals surface area contributed by atoms with E-state index in [9.17, 15) is 9.50 Å². The Morgan fingerprint density at radius 1 is 1.10 bits per heavy atom. The van der Waals surface area contributed by atoms with E-state index in [-0.39, 0.29) is 12.6 Å². The molecule has 1 unspecified atom stereocenters. The number of hydrogen-bond acceptors (Lipinski definition) is 2. The van der Waals surface area contributed by atoms with Crippen molar-refractivity contribution in [2.75, 3.05) is 6.54 Å². The Morgan fingerprint density at radius 3 is 2.35 bits per heavy atom. The Morgan fingerprint density at radius 2 is 1.70 bits per heavy atom. The van der Waals surface area contributed by atoms with Crippen molar-refractivity contribution in [2.24, 2.45) is 0 Å². The van der Waals surface area contributed by atoms with Gasteiger partial charge in [-0.3, -0.25) is 0 Å². The minimum Gasteiger partial charge on any atom is -0.387 e. The van der Waals surface area contributed by atoms with E-state index in [0.29, 0.717) is 10.6 Å². The first-order valence-corrected chi connectivity index (χ1v) is 6.87. The predicted octanol–water partition coefficient (Wildman–Crippen LogP) is 3.86. The Balaban J connectivity index is 1.99. The normalized spacial score (nSPS) is 14.0. The van der Waals surface area contributed by atoms with Gasteiger partial charge in [0.05, 0.1) is 6.10 Å². The molecule has 20 heavy (non-hydrogen) atoms. The fourth-order valence-corrected chi connectivity index (χ4v) is 2.38. The molecule has 4 heteroatoms. The van der Waals surface area contributed by atoms with Gasteiger partial charge < -0.3 is 10.4 Å². The molecule has 0 bridgehead atoms. The zero-order valence-electron chi connectivity index (χ0n) is 11.2. The molecule has 2 aromatic rings. The van der Waals surface area contributed by atoms with Gasteiger partial charge >= 0.3 is 0 Å². The molecule has 0 heterocycles. The summed E-state index contributed by atoms with van der Waals surface area (Å²) < 4.78 is 13.5. The van der Waals surface area contributed by atoms with Crippen LogP contribution in [0.1, 0.15) is 30.2 Å². The number of halogens is 2. The molecule has 0 amide bonds. The van der Waals surface area contributed by atoms with E-state index in [1.165, 1.54) is 6.07 Å². The maximum atomic E-state index is 13.5. The summed E-state index contributed by atoms with van der Waals surface area (Å²) in [7, 11) is 0. The van der Waals surface area contributed by atoms with Crippen molar-refractivity contribution < 1.29 is 9.50 Å². The summed E-state index contributed by atoms with van der Waals surface area (Å²) in [4.78, 5) is 0. The van der Waals surface area contributed by atoms with Gasteiger partial charge in [0.2, 0.25) is 0 Å². The van der Waals surface area contributed by atoms with Crippen LogP contribution in [0.25, 0.3) is 0 Å². The van der Waals surface area contributed by atoms with Crippen molar-refractivity contribution in [3.05, 3.63) is 70.5 Å². The highest BCUT2D eigenvalue weighted by Crippen LogP contribution is 2.23. The van der Waals surface area contributed by atoms with Gasteiger partial charge in [-0.15, -0.1) is 0 Å². The van der Waals surface area contributed by atoms with E-state index in [1.54, 1.807) is 18.2 Å². The molecule has 2 rings (SSSR count). The quantitative estimate of drug-likeness (QED) is 0.877. The van der Waals surface area contributed by atoms with Crippen molar-refractivity contribution in [1.29, 1.82) is 0 Å². The lowest BCUT2D eigenvalue weighted by Crippen LogP contribution is -2.25. The molecule has 2 atom stereocenters. The lowest BCUT2D eigenvalue weighted by Gasteiger charge is -2.19. The smallest absolute Gasteiger partial charge is 0.129 e. The first-order chi connectivity index (χ1) is 9.59. The van der Waals surface area contributed by atoms with Crippen LogP contribution in [0.2, 0.25) is 5.02 Å². The van der Waals surface area contributed by atoms with Crippen LogP contribution in [-0.2, 0) is 0 Å². The lowest BCUT2D eigenvalue weighted by atomic mass is 10.1. The van der Waals surface area contributed by atoms with Gasteiger partial charge in [0.25, 0.3) is 0 Å². The van der Waals surface area contributed by atoms with E-state index in [2.05, 4.69) is 5.32 Å². The van der Waals surface area contributed by atoms with Gasteiger partial charge in [-0.25, -0.2) is 4.39 Å².